The van der Waals surface area contributed by atoms with Crippen LogP contribution < -0.4 is 4.90 Å². The van der Waals surface area contributed by atoms with Gasteiger partial charge in [-0.15, -0.1) is 0 Å². The molecule has 0 N–H and O–H groups in total. The van der Waals surface area contributed by atoms with E-state index in [9.17, 15) is 14.4 Å². The van der Waals surface area contributed by atoms with Gasteiger partial charge in [0.25, 0.3) is 0 Å². The van der Waals surface area contributed by atoms with Crippen LogP contribution in [0.1, 0.15) is 30.6 Å². The molecule has 2 aromatic rings. The first-order chi connectivity index (χ1) is 15.5. The number of hydrogen-bond donors (Lipinski definition) is 0. The van der Waals surface area contributed by atoms with Crippen LogP contribution in [0.2, 0.25) is 0 Å². The zero-order valence-corrected chi connectivity index (χ0v) is 18.4. The molecular weight excluding hydrogens is 412 g/mol. The molecule has 0 aromatic heterocycles. The number of methoxy groups -OCH3 is 1. The van der Waals surface area contributed by atoms with Gasteiger partial charge in [0.1, 0.15) is 19.7 Å². The molecule has 8 nitrogen and oxygen atoms in total. The number of esters is 1. The third-order valence-corrected chi connectivity index (χ3v) is 5.20. The number of carbonyl (C=O) groups excluding carboxylic acids is 3. The second kappa shape index (κ2) is 11.3. The van der Waals surface area contributed by atoms with E-state index in [0.29, 0.717) is 12.1 Å². The Hall–Kier alpha value is -3.39. The number of nitrogens with zero attached hydrogens (tertiary/aromatic N) is 2. The largest absolute Gasteiger partial charge is 0.465 e. The van der Waals surface area contributed by atoms with Crippen molar-refractivity contribution in [2.24, 2.45) is 0 Å². The highest BCUT2D eigenvalue weighted by Crippen LogP contribution is 2.32. The summed E-state index contributed by atoms with van der Waals surface area (Å²) in [6.45, 7) is 1.80. The summed E-state index contributed by atoms with van der Waals surface area (Å²) in [6, 6.07) is 16.6. The normalized spacial score (nSPS) is 16.4. The van der Waals surface area contributed by atoms with Crippen molar-refractivity contribution in [1.82, 2.24) is 4.90 Å². The van der Waals surface area contributed by atoms with Crippen LogP contribution in [0, 0.1) is 0 Å². The fourth-order valence-corrected chi connectivity index (χ4v) is 3.62. The Morgan fingerprint density at radius 3 is 2.47 bits per heavy atom. The average molecular weight is 440 g/mol. The maximum absolute atomic E-state index is 13.2. The van der Waals surface area contributed by atoms with Crippen molar-refractivity contribution in [2.75, 3.05) is 38.3 Å². The molecule has 8 heteroatoms. The summed E-state index contributed by atoms with van der Waals surface area (Å²) in [6.07, 6.45) is -0.501. The van der Waals surface area contributed by atoms with Crippen LogP contribution in [0.3, 0.4) is 0 Å². The maximum Gasteiger partial charge on any atom is 0.410 e. The molecule has 0 spiro atoms. The highest BCUT2D eigenvalue weighted by atomic mass is 16.6. The van der Waals surface area contributed by atoms with Crippen molar-refractivity contribution in [3.8, 4) is 0 Å². The quantitative estimate of drug-likeness (QED) is 0.641. The molecule has 1 aliphatic heterocycles. The van der Waals surface area contributed by atoms with Gasteiger partial charge >= 0.3 is 12.1 Å². The molecule has 0 radical (unpaired) electrons. The standard InChI is InChI=1S/C24H28N2O6/c1-3-31-23(28)16-26-20-12-8-7-11-19(20)21(30-2)13-14-25(15-22(26)27)24(29)32-17-18-9-5-4-6-10-18/h4-12,21H,3,13-17H2,1-2H3. The van der Waals surface area contributed by atoms with E-state index in [2.05, 4.69) is 0 Å². The Labute approximate surface area is 187 Å². The van der Waals surface area contributed by atoms with Crippen LogP contribution >= 0.6 is 0 Å². The SMILES string of the molecule is CCOC(=O)CN1C(=O)CN(C(=O)OCc2ccccc2)CCC(OC)c2ccccc21. The Morgan fingerprint density at radius 2 is 1.75 bits per heavy atom. The highest BCUT2D eigenvalue weighted by Gasteiger charge is 2.31. The van der Waals surface area contributed by atoms with Gasteiger partial charge in [0.2, 0.25) is 5.91 Å². The third kappa shape index (κ3) is 5.85. The van der Waals surface area contributed by atoms with Gasteiger partial charge in [0.05, 0.1) is 18.4 Å². The average Bonchev–Trinajstić information content (AvgIpc) is 2.86. The second-order valence-corrected chi connectivity index (χ2v) is 7.32. The molecule has 2 amide bonds. The molecule has 2 aromatic carbocycles. The molecule has 0 saturated heterocycles. The first-order valence-corrected chi connectivity index (χ1v) is 10.6. The van der Waals surface area contributed by atoms with Crippen LogP contribution in [0.25, 0.3) is 0 Å². The third-order valence-electron chi connectivity index (χ3n) is 5.20. The lowest BCUT2D eigenvalue weighted by Gasteiger charge is -2.26. The maximum atomic E-state index is 13.2. The molecule has 0 fully saturated rings. The van der Waals surface area contributed by atoms with Gasteiger partial charge in [0.15, 0.2) is 0 Å². The summed E-state index contributed by atoms with van der Waals surface area (Å²) in [4.78, 5) is 41.0. The van der Waals surface area contributed by atoms with Gasteiger partial charge in [-0.3, -0.25) is 19.4 Å². The van der Waals surface area contributed by atoms with E-state index >= 15 is 0 Å². The predicted octanol–water partition coefficient (Wildman–Crippen LogP) is 3.31. The van der Waals surface area contributed by atoms with E-state index in [1.165, 1.54) is 9.80 Å². The molecule has 0 saturated carbocycles. The second-order valence-electron chi connectivity index (χ2n) is 7.32. The Kier molecular flexibility index (Phi) is 8.21. The van der Waals surface area contributed by atoms with E-state index in [1.807, 2.05) is 42.5 Å². The number of amides is 2. The first-order valence-electron chi connectivity index (χ1n) is 10.6. The molecule has 1 atom stereocenters. The first kappa shape index (κ1) is 23.3. The van der Waals surface area contributed by atoms with Crippen LogP contribution in [0.5, 0.6) is 0 Å². The Balaban J connectivity index is 1.84. The van der Waals surface area contributed by atoms with E-state index in [0.717, 1.165) is 11.1 Å². The van der Waals surface area contributed by atoms with Crippen LogP contribution in [0.15, 0.2) is 54.6 Å². The van der Waals surface area contributed by atoms with E-state index in [-0.39, 0.29) is 39.0 Å². The molecule has 32 heavy (non-hydrogen) atoms. The highest BCUT2D eigenvalue weighted by molar-refractivity contribution is 6.00. The van der Waals surface area contributed by atoms with Crippen molar-refractivity contribution in [3.63, 3.8) is 0 Å². The molecule has 1 aliphatic rings. The molecule has 170 valence electrons. The number of para-hydroxylation sites is 1. The molecule has 0 aliphatic carbocycles. The van der Waals surface area contributed by atoms with Gasteiger partial charge in [-0.2, -0.15) is 0 Å². The van der Waals surface area contributed by atoms with Gasteiger partial charge in [-0.05, 0) is 25.0 Å². The summed E-state index contributed by atoms with van der Waals surface area (Å²) in [5.74, 6) is -0.930. The summed E-state index contributed by atoms with van der Waals surface area (Å²) in [5.41, 5.74) is 2.19. The minimum absolute atomic E-state index is 0.102. The smallest absolute Gasteiger partial charge is 0.410 e. The number of ether oxygens (including phenoxy) is 3. The van der Waals surface area contributed by atoms with E-state index in [4.69, 9.17) is 14.2 Å². The Bertz CT molecular complexity index is 933. The minimum atomic E-state index is -0.598. The van der Waals surface area contributed by atoms with Gasteiger partial charge in [0, 0.05) is 19.2 Å². The molecule has 1 heterocycles. The summed E-state index contributed by atoms with van der Waals surface area (Å²) < 4.78 is 16.2. The number of carbonyl (C=O) groups is 3. The topological polar surface area (TPSA) is 85.4 Å². The van der Waals surface area contributed by atoms with Crippen molar-refractivity contribution in [1.29, 1.82) is 0 Å². The minimum Gasteiger partial charge on any atom is -0.465 e. The molecular formula is C24H28N2O6. The summed E-state index contributed by atoms with van der Waals surface area (Å²) in [7, 11) is 1.58. The number of fused-ring (bicyclic) bond motifs is 1. The summed E-state index contributed by atoms with van der Waals surface area (Å²) in [5, 5.41) is 0. The molecule has 1 unspecified atom stereocenters. The zero-order chi connectivity index (χ0) is 22.9. The lowest BCUT2D eigenvalue weighted by molar-refractivity contribution is -0.142. The van der Waals surface area contributed by atoms with Crippen molar-refractivity contribution < 1.29 is 28.6 Å². The molecule has 3 rings (SSSR count). The molecule has 0 bridgehead atoms. The van der Waals surface area contributed by atoms with E-state index in [1.54, 1.807) is 26.2 Å². The predicted molar refractivity (Wildman–Crippen MR) is 118 cm³/mol. The van der Waals surface area contributed by atoms with Crippen molar-refractivity contribution in [3.05, 3.63) is 65.7 Å². The van der Waals surface area contributed by atoms with Crippen molar-refractivity contribution in [2.45, 2.75) is 26.1 Å². The van der Waals surface area contributed by atoms with Crippen LogP contribution in [0.4, 0.5) is 10.5 Å². The number of benzene rings is 2. The van der Waals surface area contributed by atoms with Gasteiger partial charge in [-0.1, -0.05) is 48.5 Å². The number of anilines is 1. The Morgan fingerprint density at radius 1 is 1.03 bits per heavy atom. The van der Waals surface area contributed by atoms with Gasteiger partial charge in [-0.25, -0.2) is 4.79 Å². The number of hydrogen-bond acceptors (Lipinski definition) is 6. The number of rotatable bonds is 6. The van der Waals surface area contributed by atoms with Crippen molar-refractivity contribution >= 4 is 23.7 Å². The lowest BCUT2D eigenvalue weighted by Crippen LogP contribution is -2.45. The van der Waals surface area contributed by atoms with Crippen LogP contribution in [-0.4, -0.2) is 56.2 Å². The monoisotopic (exact) mass is 440 g/mol. The zero-order valence-electron chi connectivity index (χ0n) is 18.4. The fraction of sp³-hybridized carbons (Fsp3) is 0.375. The lowest BCUT2D eigenvalue weighted by atomic mass is 10.0. The fourth-order valence-electron chi connectivity index (χ4n) is 3.62. The van der Waals surface area contributed by atoms with E-state index < -0.39 is 18.0 Å². The summed E-state index contributed by atoms with van der Waals surface area (Å²) >= 11 is 0. The van der Waals surface area contributed by atoms with Crippen LogP contribution in [-0.2, 0) is 30.4 Å². The van der Waals surface area contributed by atoms with Gasteiger partial charge < -0.3 is 14.2 Å².